The van der Waals surface area contributed by atoms with Gasteiger partial charge in [0.2, 0.25) is 0 Å². The normalized spacial score (nSPS) is 16.8. The molecule has 1 aliphatic heterocycles. The van der Waals surface area contributed by atoms with E-state index in [1.807, 2.05) is 36.4 Å². The summed E-state index contributed by atoms with van der Waals surface area (Å²) in [5.74, 6) is 0.564. The monoisotopic (exact) mass is 485 g/mol. The van der Waals surface area contributed by atoms with Gasteiger partial charge in [-0.1, -0.05) is 53.8 Å². The van der Waals surface area contributed by atoms with Crippen molar-refractivity contribution in [3.8, 4) is 5.75 Å². The number of hydrogen-bond donors (Lipinski definition) is 0. The Labute approximate surface area is 202 Å². The van der Waals surface area contributed by atoms with Gasteiger partial charge in [-0.15, -0.1) is 0 Å². The van der Waals surface area contributed by atoms with Crippen LogP contribution in [0.5, 0.6) is 5.75 Å². The second kappa shape index (κ2) is 8.21. The van der Waals surface area contributed by atoms with Crippen molar-refractivity contribution in [3.63, 3.8) is 0 Å². The number of aromatic nitrogens is 1. The fraction of sp³-hybridized carbons (Fsp3) is 0.154. The molecule has 0 bridgehead atoms. The van der Waals surface area contributed by atoms with Crippen molar-refractivity contribution in [1.29, 1.82) is 0 Å². The summed E-state index contributed by atoms with van der Waals surface area (Å²) < 4.78 is 13.0. The van der Waals surface area contributed by atoms with Crippen molar-refractivity contribution < 1.29 is 14.1 Å². The van der Waals surface area contributed by atoms with E-state index >= 15 is 0 Å². The van der Waals surface area contributed by atoms with Crippen LogP contribution in [0.15, 0.2) is 80.4 Å². The van der Waals surface area contributed by atoms with E-state index < -0.39 is 4.92 Å². The molecule has 0 radical (unpaired) electrons. The molecule has 0 N–H and O–H groups in total. The highest BCUT2D eigenvalue weighted by Crippen LogP contribution is 2.43. The molecule has 4 aromatic rings. The predicted molar refractivity (Wildman–Crippen MR) is 131 cm³/mol. The first kappa shape index (κ1) is 21.3. The third-order valence-corrected chi connectivity index (χ3v) is 7.36. The van der Waals surface area contributed by atoms with Crippen molar-refractivity contribution in [2.45, 2.75) is 18.9 Å². The summed E-state index contributed by atoms with van der Waals surface area (Å²) in [6.07, 6.45) is 3.16. The number of fused-ring (bicyclic) bond motifs is 3. The number of methoxy groups -OCH3 is 1. The molecule has 2 aliphatic rings. The summed E-state index contributed by atoms with van der Waals surface area (Å²) in [5.41, 5.74) is 4.93. The molecule has 9 heteroatoms. The van der Waals surface area contributed by atoms with Gasteiger partial charge in [0.25, 0.3) is 5.56 Å². The van der Waals surface area contributed by atoms with E-state index in [-0.39, 0.29) is 23.2 Å². The summed E-state index contributed by atoms with van der Waals surface area (Å²) in [6, 6.07) is 18.3. The third kappa shape index (κ3) is 3.43. The zero-order valence-electron chi connectivity index (χ0n) is 18.6. The fourth-order valence-electron chi connectivity index (χ4n) is 4.84. The molecule has 0 saturated heterocycles. The van der Waals surface area contributed by atoms with E-state index in [0.717, 1.165) is 35.2 Å². The van der Waals surface area contributed by atoms with Crippen LogP contribution in [0.3, 0.4) is 0 Å². The number of nitro groups is 1. The molecule has 0 unspecified atom stereocenters. The molecule has 0 saturated carbocycles. The summed E-state index contributed by atoms with van der Waals surface area (Å²) in [6.45, 7) is 0. The zero-order chi connectivity index (χ0) is 24.1. The van der Waals surface area contributed by atoms with E-state index in [1.165, 1.54) is 35.1 Å². The molecule has 2 aromatic carbocycles. The number of ether oxygens (including phenoxy) is 1. The van der Waals surface area contributed by atoms with Crippen LogP contribution in [0.25, 0.3) is 11.8 Å². The van der Waals surface area contributed by atoms with Crippen molar-refractivity contribution >= 4 is 29.0 Å². The number of hydrogen-bond acceptors (Lipinski definition) is 7. The Morgan fingerprint density at radius 3 is 2.74 bits per heavy atom. The van der Waals surface area contributed by atoms with Crippen LogP contribution in [0.4, 0.5) is 5.88 Å². The summed E-state index contributed by atoms with van der Waals surface area (Å²) in [5, 5.41) is 11.0. The number of benzene rings is 2. The Hall–Kier alpha value is -4.24. The van der Waals surface area contributed by atoms with E-state index in [4.69, 9.17) is 14.1 Å². The number of furan rings is 1. The van der Waals surface area contributed by atoms with E-state index in [2.05, 4.69) is 12.1 Å². The minimum absolute atomic E-state index is 0.228. The van der Waals surface area contributed by atoms with Gasteiger partial charge in [0.05, 0.1) is 29.4 Å². The van der Waals surface area contributed by atoms with Gasteiger partial charge in [-0.25, -0.2) is 4.99 Å². The lowest BCUT2D eigenvalue weighted by Crippen LogP contribution is -2.38. The van der Waals surface area contributed by atoms with Crippen LogP contribution in [0, 0.1) is 10.1 Å². The van der Waals surface area contributed by atoms with E-state index in [0.29, 0.717) is 15.1 Å². The van der Waals surface area contributed by atoms with Crippen molar-refractivity contribution in [2.75, 3.05) is 7.11 Å². The molecule has 174 valence electrons. The molecular formula is C26H19N3O5S. The highest BCUT2D eigenvalue weighted by atomic mass is 32.1. The lowest BCUT2D eigenvalue weighted by atomic mass is 9.83. The number of thiazole rings is 1. The van der Waals surface area contributed by atoms with Crippen LogP contribution in [-0.2, 0) is 6.42 Å². The Morgan fingerprint density at radius 1 is 1.14 bits per heavy atom. The van der Waals surface area contributed by atoms with Gasteiger partial charge in [0, 0.05) is 17.2 Å². The first-order chi connectivity index (χ1) is 17.0. The average molecular weight is 486 g/mol. The molecule has 1 atom stereocenters. The lowest BCUT2D eigenvalue weighted by Gasteiger charge is -2.31. The van der Waals surface area contributed by atoms with E-state index in [9.17, 15) is 14.9 Å². The molecular weight excluding hydrogens is 466 g/mol. The third-order valence-electron chi connectivity index (χ3n) is 6.37. The van der Waals surface area contributed by atoms with Gasteiger partial charge in [-0.05, 0) is 36.1 Å². The quantitative estimate of drug-likeness (QED) is 0.323. The van der Waals surface area contributed by atoms with Gasteiger partial charge < -0.3 is 9.15 Å². The molecule has 6 rings (SSSR count). The molecule has 8 nitrogen and oxygen atoms in total. The Balaban J connectivity index is 1.62. The van der Waals surface area contributed by atoms with Crippen LogP contribution in [0.2, 0.25) is 0 Å². The molecule has 0 amide bonds. The minimum atomic E-state index is -0.605. The average Bonchev–Trinajstić information content (AvgIpc) is 3.47. The minimum Gasteiger partial charge on any atom is -0.496 e. The van der Waals surface area contributed by atoms with Gasteiger partial charge in [-0.2, -0.15) is 0 Å². The van der Waals surface area contributed by atoms with Crippen molar-refractivity contribution in [3.05, 3.63) is 118 Å². The smallest absolute Gasteiger partial charge is 0.433 e. The topological polar surface area (TPSA) is 99.9 Å². The predicted octanol–water partition coefficient (Wildman–Crippen LogP) is 3.83. The Kier molecular flexibility index (Phi) is 5.00. The maximum atomic E-state index is 13.7. The van der Waals surface area contributed by atoms with Crippen LogP contribution in [-0.4, -0.2) is 16.6 Å². The standard InChI is InChI=1S/C26H19N3O5S/c1-33-20-9-5-4-8-18(20)24-19-12-10-15-6-2-3-7-17(15)23(19)27-26-28(24)25(30)21(35-26)14-16-11-13-22(34-16)29(31)32/h2-9,11,13-14,24H,10,12H2,1H3/b21-14-/t24-/m1/s1. The van der Waals surface area contributed by atoms with Crippen LogP contribution in [0.1, 0.15) is 34.9 Å². The second-order valence-electron chi connectivity index (χ2n) is 8.29. The maximum absolute atomic E-state index is 13.7. The fourth-order valence-corrected chi connectivity index (χ4v) is 5.82. The SMILES string of the molecule is COc1ccccc1[C@@H]1C2=C(N=c3s/c(=C\c4ccc([N+](=O)[O-])o4)c(=O)n31)c1ccccc1CC2. The highest BCUT2D eigenvalue weighted by Gasteiger charge is 2.34. The molecule has 2 aromatic heterocycles. The number of aryl methyl sites for hydroxylation is 1. The van der Waals surface area contributed by atoms with Crippen molar-refractivity contribution in [2.24, 2.45) is 4.99 Å². The van der Waals surface area contributed by atoms with Crippen LogP contribution < -0.4 is 19.6 Å². The molecule has 3 heterocycles. The molecule has 1 aliphatic carbocycles. The Morgan fingerprint density at radius 2 is 1.94 bits per heavy atom. The molecule has 0 spiro atoms. The summed E-state index contributed by atoms with van der Waals surface area (Å²) >= 11 is 1.24. The molecule has 0 fully saturated rings. The largest absolute Gasteiger partial charge is 0.496 e. The lowest BCUT2D eigenvalue weighted by molar-refractivity contribution is -0.402. The number of nitrogens with zero attached hydrogens (tertiary/aromatic N) is 3. The van der Waals surface area contributed by atoms with Crippen LogP contribution >= 0.6 is 11.3 Å². The van der Waals surface area contributed by atoms with E-state index in [1.54, 1.807) is 11.7 Å². The van der Waals surface area contributed by atoms with Gasteiger partial charge in [-0.3, -0.25) is 19.5 Å². The van der Waals surface area contributed by atoms with Gasteiger partial charge >= 0.3 is 5.88 Å². The number of para-hydroxylation sites is 1. The Bertz CT molecular complexity index is 1710. The zero-order valence-corrected chi connectivity index (χ0v) is 19.5. The first-order valence-corrected chi connectivity index (χ1v) is 11.9. The second-order valence-corrected chi connectivity index (χ2v) is 9.30. The molecule has 35 heavy (non-hydrogen) atoms. The number of rotatable bonds is 4. The van der Waals surface area contributed by atoms with Crippen molar-refractivity contribution in [1.82, 2.24) is 4.57 Å². The maximum Gasteiger partial charge on any atom is 0.433 e. The number of allylic oxidation sites excluding steroid dienone is 1. The summed E-state index contributed by atoms with van der Waals surface area (Å²) in [4.78, 5) is 29.6. The highest BCUT2D eigenvalue weighted by molar-refractivity contribution is 7.07. The van der Waals surface area contributed by atoms with Gasteiger partial charge in [0.1, 0.15) is 16.4 Å². The first-order valence-electron chi connectivity index (χ1n) is 11.1. The van der Waals surface area contributed by atoms with Gasteiger partial charge in [0.15, 0.2) is 4.80 Å². The summed E-state index contributed by atoms with van der Waals surface area (Å²) in [7, 11) is 1.62.